The second-order valence-electron chi connectivity index (χ2n) is 4.21. The number of carbonyl (C=O) groups is 1. The highest BCUT2D eigenvalue weighted by atomic mass is 16.7. The predicted octanol–water partition coefficient (Wildman–Crippen LogP) is 1.46. The van der Waals surface area contributed by atoms with Gasteiger partial charge in [0.25, 0.3) is 0 Å². The minimum atomic E-state index is -0.215. The molecule has 0 aliphatic carbocycles. The summed E-state index contributed by atoms with van der Waals surface area (Å²) in [7, 11) is 1.39. The molecule has 1 aromatic carbocycles. The molecule has 2 rings (SSSR count). The highest BCUT2D eigenvalue weighted by Crippen LogP contribution is 2.35. The van der Waals surface area contributed by atoms with Crippen LogP contribution in [-0.4, -0.2) is 25.9 Å². The van der Waals surface area contributed by atoms with Crippen molar-refractivity contribution in [3.8, 4) is 11.5 Å². The van der Waals surface area contributed by atoms with Crippen LogP contribution in [-0.2, 0) is 16.1 Å². The maximum atomic E-state index is 11.1. The summed E-state index contributed by atoms with van der Waals surface area (Å²) in [5, 5.41) is 3.26. The summed E-state index contributed by atoms with van der Waals surface area (Å²) < 4.78 is 15.3. The van der Waals surface area contributed by atoms with Gasteiger partial charge in [0.15, 0.2) is 11.5 Å². The van der Waals surface area contributed by atoms with Gasteiger partial charge in [0.05, 0.1) is 13.5 Å². The van der Waals surface area contributed by atoms with E-state index in [1.807, 2.05) is 25.1 Å². The van der Waals surface area contributed by atoms with Crippen LogP contribution in [0.3, 0.4) is 0 Å². The molecule has 1 N–H and O–H groups in total. The number of methoxy groups -OCH3 is 1. The topological polar surface area (TPSA) is 56.8 Å². The van der Waals surface area contributed by atoms with Crippen molar-refractivity contribution < 1.29 is 19.0 Å². The summed E-state index contributed by atoms with van der Waals surface area (Å²) in [6.45, 7) is 2.84. The Kier molecular flexibility index (Phi) is 4.04. The summed E-state index contributed by atoms with van der Waals surface area (Å²) in [6, 6.07) is 5.83. The number of hydrogen-bond donors (Lipinski definition) is 1. The van der Waals surface area contributed by atoms with Crippen molar-refractivity contribution in [3.63, 3.8) is 0 Å². The van der Waals surface area contributed by atoms with Crippen molar-refractivity contribution in [1.29, 1.82) is 0 Å². The lowest BCUT2D eigenvalue weighted by atomic mass is 10.1. The molecule has 5 heteroatoms. The Bertz CT molecular complexity index is 433. The number of carbonyl (C=O) groups excluding carboxylic acids is 1. The first-order chi connectivity index (χ1) is 8.70. The molecule has 0 bridgehead atoms. The van der Waals surface area contributed by atoms with Crippen LogP contribution in [0.15, 0.2) is 18.2 Å². The lowest BCUT2D eigenvalue weighted by Gasteiger charge is -2.13. The number of ether oxygens (including phenoxy) is 3. The van der Waals surface area contributed by atoms with E-state index in [0.717, 1.165) is 17.1 Å². The van der Waals surface area contributed by atoms with Crippen LogP contribution in [0.2, 0.25) is 0 Å². The Hall–Kier alpha value is -1.75. The van der Waals surface area contributed by atoms with Crippen LogP contribution < -0.4 is 14.8 Å². The van der Waals surface area contributed by atoms with Crippen molar-refractivity contribution in [3.05, 3.63) is 23.8 Å². The van der Waals surface area contributed by atoms with Gasteiger partial charge in [0, 0.05) is 18.2 Å². The first-order valence-electron chi connectivity index (χ1n) is 5.88. The molecule has 1 unspecified atom stereocenters. The zero-order valence-electron chi connectivity index (χ0n) is 10.6. The molecule has 0 fully saturated rings. The molecule has 5 nitrogen and oxygen atoms in total. The Morgan fingerprint density at radius 1 is 1.50 bits per heavy atom. The molecule has 98 valence electrons. The van der Waals surface area contributed by atoms with E-state index in [1.165, 1.54) is 7.11 Å². The normalized spacial score (nSPS) is 14.3. The second-order valence-corrected chi connectivity index (χ2v) is 4.21. The average molecular weight is 251 g/mol. The molecular weight excluding hydrogens is 234 g/mol. The first-order valence-corrected chi connectivity index (χ1v) is 5.88. The number of esters is 1. The van der Waals surface area contributed by atoms with Crippen LogP contribution >= 0.6 is 0 Å². The molecule has 1 atom stereocenters. The molecule has 1 aliphatic rings. The minimum absolute atomic E-state index is 0.0515. The summed E-state index contributed by atoms with van der Waals surface area (Å²) in [5.41, 5.74) is 1.03. The Labute approximate surface area is 106 Å². The van der Waals surface area contributed by atoms with Crippen LogP contribution in [0.25, 0.3) is 0 Å². The van der Waals surface area contributed by atoms with Crippen LogP contribution in [0, 0.1) is 0 Å². The van der Waals surface area contributed by atoms with Crippen LogP contribution in [0.1, 0.15) is 18.9 Å². The van der Waals surface area contributed by atoms with E-state index in [9.17, 15) is 4.79 Å². The maximum Gasteiger partial charge on any atom is 0.307 e. The van der Waals surface area contributed by atoms with Gasteiger partial charge in [-0.15, -0.1) is 0 Å². The molecule has 0 spiro atoms. The lowest BCUT2D eigenvalue weighted by molar-refractivity contribution is -0.141. The second kappa shape index (κ2) is 5.73. The van der Waals surface area contributed by atoms with Gasteiger partial charge in [-0.05, 0) is 13.0 Å². The predicted molar refractivity (Wildman–Crippen MR) is 65.5 cm³/mol. The van der Waals surface area contributed by atoms with E-state index in [-0.39, 0.29) is 18.8 Å². The minimum Gasteiger partial charge on any atom is -0.469 e. The van der Waals surface area contributed by atoms with Crippen molar-refractivity contribution in [2.75, 3.05) is 13.9 Å². The molecule has 1 aromatic rings. The summed E-state index contributed by atoms with van der Waals surface area (Å²) in [6.07, 6.45) is 0.350. The van der Waals surface area contributed by atoms with Gasteiger partial charge in [-0.3, -0.25) is 4.79 Å². The summed E-state index contributed by atoms with van der Waals surface area (Å²) in [5.74, 6) is 1.35. The summed E-state index contributed by atoms with van der Waals surface area (Å²) >= 11 is 0. The fourth-order valence-electron chi connectivity index (χ4n) is 1.82. The molecule has 1 aliphatic heterocycles. The molecule has 0 saturated carbocycles. The monoisotopic (exact) mass is 251 g/mol. The Morgan fingerprint density at radius 2 is 2.33 bits per heavy atom. The highest BCUT2D eigenvalue weighted by Gasteiger charge is 2.17. The number of rotatable bonds is 5. The van der Waals surface area contributed by atoms with E-state index in [2.05, 4.69) is 10.1 Å². The first kappa shape index (κ1) is 12.7. The third kappa shape index (κ3) is 2.92. The summed E-state index contributed by atoms with van der Waals surface area (Å²) in [4.78, 5) is 11.1. The van der Waals surface area contributed by atoms with Crippen molar-refractivity contribution in [2.45, 2.75) is 25.9 Å². The van der Waals surface area contributed by atoms with Gasteiger partial charge in [0.2, 0.25) is 6.79 Å². The van der Waals surface area contributed by atoms with Crippen molar-refractivity contribution >= 4 is 5.97 Å². The van der Waals surface area contributed by atoms with Gasteiger partial charge in [-0.1, -0.05) is 12.1 Å². The van der Waals surface area contributed by atoms with Gasteiger partial charge in [0.1, 0.15) is 0 Å². The number of benzene rings is 1. The Balaban J connectivity index is 1.91. The molecule has 0 amide bonds. The molecule has 0 radical (unpaired) electrons. The van der Waals surface area contributed by atoms with Gasteiger partial charge < -0.3 is 19.5 Å². The van der Waals surface area contributed by atoms with E-state index in [1.54, 1.807) is 0 Å². The third-order valence-corrected chi connectivity index (χ3v) is 2.82. The fraction of sp³-hybridized carbons (Fsp3) is 0.462. The molecule has 18 heavy (non-hydrogen) atoms. The number of hydrogen-bond acceptors (Lipinski definition) is 5. The molecule has 0 saturated heterocycles. The fourth-order valence-corrected chi connectivity index (χ4v) is 1.82. The van der Waals surface area contributed by atoms with Crippen LogP contribution in [0.4, 0.5) is 0 Å². The van der Waals surface area contributed by atoms with Crippen LogP contribution in [0.5, 0.6) is 11.5 Å². The van der Waals surface area contributed by atoms with E-state index >= 15 is 0 Å². The van der Waals surface area contributed by atoms with E-state index < -0.39 is 0 Å². The molecule has 0 aromatic heterocycles. The smallest absolute Gasteiger partial charge is 0.307 e. The zero-order valence-corrected chi connectivity index (χ0v) is 10.6. The largest absolute Gasteiger partial charge is 0.469 e. The van der Waals surface area contributed by atoms with Gasteiger partial charge in [-0.25, -0.2) is 0 Å². The van der Waals surface area contributed by atoms with Gasteiger partial charge >= 0.3 is 5.97 Å². The van der Waals surface area contributed by atoms with Crippen molar-refractivity contribution in [1.82, 2.24) is 5.32 Å². The zero-order chi connectivity index (χ0) is 13.0. The molecular formula is C13H17NO4. The maximum absolute atomic E-state index is 11.1. The highest BCUT2D eigenvalue weighted by molar-refractivity contribution is 5.69. The van der Waals surface area contributed by atoms with E-state index in [4.69, 9.17) is 9.47 Å². The number of para-hydroxylation sites is 1. The lowest BCUT2D eigenvalue weighted by Crippen LogP contribution is -2.28. The van der Waals surface area contributed by atoms with Gasteiger partial charge in [-0.2, -0.15) is 0 Å². The van der Waals surface area contributed by atoms with E-state index in [0.29, 0.717) is 13.0 Å². The third-order valence-electron chi connectivity index (χ3n) is 2.82. The molecule has 1 heterocycles. The number of nitrogens with one attached hydrogen (secondary N) is 1. The number of fused-ring (bicyclic) bond motifs is 1. The standard InChI is InChI=1S/C13H17NO4/c1-9(6-12(15)16-2)14-7-10-4-3-5-11-13(10)18-8-17-11/h3-5,9,14H,6-8H2,1-2H3. The average Bonchev–Trinajstić information content (AvgIpc) is 2.84. The van der Waals surface area contributed by atoms with Crippen molar-refractivity contribution in [2.24, 2.45) is 0 Å². The SMILES string of the molecule is COC(=O)CC(C)NCc1cccc2c1OCO2. The quantitative estimate of drug-likeness (QED) is 0.803. The Morgan fingerprint density at radius 3 is 3.11 bits per heavy atom.